The van der Waals surface area contributed by atoms with E-state index in [2.05, 4.69) is 10.3 Å². The van der Waals surface area contributed by atoms with Gasteiger partial charge in [0.1, 0.15) is 5.03 Å². The second kappa shape index (κ2) is 7.56. The van der Waals surface area contributed by atoms with Crippen molar-refractivity contribution in [2.24, 2.45) is 0 Å². The number of benzene rings is 2. The molecule has 0 radical (unpaired) electrons. The minimum atomic E-state index is -0.488. The van der Waals surface area contributed by atoms with Gasteiger partial charge < -0.3 is 10.3 Å². The van der Waals surface area contributed by atoms with E-state index in [0.29, 0.717) is 17.7 Å². The van der Waals surface area contributed by atoms with Gasteiger partial charge in [-0.3, -0.25) is 19.3 Å². The van der Waals surface area contributed by atoms with E-state index < -0.39 is 11.8 Å². The van der Waals surface area contributed by atoms with Gasteiger partial charge >= 0.3 is 0 Å². The molecule has 0 unspecified atom stereocenters. The summed E-state index contributed by atoms with van der Waals surface area (Å²) in [6, 6.07) is 14.5. The van der Waals surface area contributed by atoms with E-state index in [4.69, 9.17) is 11.6 Å². The molecule has 3 amide bonds. The van der Waals surface area contributed by atoms with E-state index in [1.54, 1.807) is 24.3 Å². The third-order valence-corrected chi connectivity index (χ3v) is 5.24. The molecule has 1 aromatic heterocycles. The molecular weight excluding hydrogens is 390 g/mol. The molecule has 0 aliphatic carbocycles. The molecule has 0 fully saturated rings. The smallest absolute Gasteiger partial charge is 0.273 e. The first-order valence-electron chi connectivity index (χ1n) is 9.14. The van der Waals surface area contributed by atoms with Crippen LogP contribution >= 0.6 is 11.6 Å². The number of hydrogen-bond donors (Lipinski definition) is 2. The molecule has 7 heteroatoms. The van der Waals surface area contributed by atoms with Gasteiger partial charge in [-0.15, -0.1) is 0 Å². The molecule has 1 aliphatic rings. The first-order chi connectivity index (χ1) is 14.0. The summed E-state index contributed by atoms with van der Waals surface area (Å²) in [4.78, 5) is 41.0. The van der Waals surface area contributed by atoms with Crippen LogP contribution in [0.1, 0.15) is 18.1 Å². The van der Waals surface area contributed by atoms with E-state index in [0.717, 1.165) is 16.5 Å². The lowest BCUT2D eigenvalue weighted by Gasteiger charge is -2.14. The maximum absolute atomic E-state index is 12.9. The van der Waals surface area contributed by atoms with Crippen molar-refractivity contribution in [1.29, 1.82) is 0 Å². The lowest BCUT2D eigenvalue weighted by molar-refractivity contribution is -0.136. The molecule has 4 rings (SSSR count). The number of rotatable bonds is 5. The van der Waals surface area contributed by atoms with Crippen molar-refractivity contribution < 1.29 is 14.4 Å². The zero-order valence-corrected chi connectivity index (χ0v) is 16.4. The number of nitrogens with zero attached hydrogens (tertiary/aromatic N) is 1. The van der Waals surface area contributed by atoms with Gasteiger partial charge in [-0.25, -0.2) is 0 Å². The Morgan fingerprint density at radius 2 is 1.79 bits per heavy atom. The number of carbonyl (C=O) groups excluding carboxylic acids is 3. The standard InChI is InChI=1S/C22H18ClN3O3/c1-13(27)25-16-8-6-14(7-9-16)19-20(23)22(29)26(21(19)28)11-10-15-12-24-18-5-3-2-4-17(15)18/h2-9,12,24H,10-11H2,1H3,(H,25,27). The molecule has 0 saturated heterocycles. The van der Waals surface area contributed by atoms with E-state index in [-0.39, 0.29) is 23.1 Å². The number of aromatic amines is 1. The van der Waals surface area contributed by atoms with Crippen molar-refractivity contribution in [2.45, 2.75) is 13.3 Å². The Balaban J connectivity index is 1.52. The highest BCUT2D eigenvalue weighted by Gasteiger charge is 2.37. The van der Waals surface area contributed by atoms with Gasteiger partial charge in [0.05, 0.1) is 5.57 Å². The fourth-order valence-corrected chi connectivity index (χ4v) is 3.79. The number of para-hydroxylation sites is 1. The number of amides is 3. The summed E-state index contributed by atoms with van der Waals surface area (Å²) in [5, 5.41) is 3.65. The van der Waals surface area contributed by atoms with Crippen molar-refractivity contribution in [2.75, 3.05) is 11.9 Å². The molecular formula is C22H18ClN3O3. The van der Waals surface area contributed by atoms with Gasteiger partial charge in [0.15, 0.2) is 0 Å². The van der Waals surface area contributed by atoms with E-state index >= 15 is 0 Å². The molecule has 3 aromatic rings. The van der Waals surface area contributed by atoms with Crippen molar-refractivity contribution in [1.82, 2.24) is 9.88 Å². The molecule has 0 atom stereocenters. The van der Waals surface area contributed by atoms with Gasteiger partial charge in [-0.1, -0.05) is 41.9 Å². The predicted octanol–water partition coefficient (Wildman–Crippen LogP) is 3.69. The number of imide groups is 1. The van der Waals surface area contributed by atoms with Crippen LogP contribution in [0, 0.1) is 0 Å². The largest absolute Gasteiger partial charge is 0.361 e. The molecule has 29 heavy (non-hydrogen) atoms. The Hall–Kier alpha value is -3.38. The number of fused-ring (bicyclic) bond motifs is 1. The van der Waals surface area contributed by atoms with Crippen LogP contribution in [0.2, 0.25) is 0 Å². The van der Waals surface area contributed by atoms with Crippen LogP contribution in [0.3, 0.4) is 0 Å². The highest BCUT2D eigenvalue weighted by atomic mass is 35.5. The molecule has 1 aliphatic heterocycles. The number of halogens is 1. The molecule has 146 valence electrons. The average molecular weight is 408 g/mol. The Morgan fingerprint density at radius 3 is 2.52 bits per heavy atom. The molecule has 0 spiro atoms. The van der Waals surface area contributed by atoms with Crippen molar-refractivity contribution >= 4 is 51.5 Å². The monoisotopic (exact) mass is 407 g/mol. The zero-order chi connectivity index (χ0) is 20.5. The van der Waals surface area contributed by atoms with Gasteiger partial charge in [-0.05, 0) is 35.7 Å². The maximum Gasteiger partial charge on any atom is 0.273 e. The molecule has 6 nitrogen and oxygen atoms in total. The quantitative estimate of drug-likeness (QED) is 0.633. The topological polar surface area (TPSA) is 82.3 Å². The summed E-state index contributed by atoms with van der Waals surface area (Å²) >= 11 is 6.22. The lowest BCUT2D eigenvalue weighted by atomic mass is 10.1. The highest BCUT2D eigenvalue weighted by Crippen LogP contribution is 2.32. The summed E-state index contributed by atoms with van der Waals surface area (Å²) in [6.07, 6.45) is 2.42. The second-order valence-corrected chi connectivity index (χ2v) is 7.20. The zero-order valence-electron chi connectivity index (χ0n) is 15.7. The first kappa shape index (κ1) is 19.0. The van der Waals surface area contributed by atoms with Crippen LogP contribution in [0.4, 0.5) is 5.69 Å². The van der Waals surface area contributed by atoms with Gasteiger partial charge in [0.2, 0.25) is 5.91 Å². The van der Waals surface area contributed by atoms with Crippen LogP contribution in [-0.4, -0.2) is 34.2 Å². The number of hydrogen-bond acceptors (Lipinski definition) is 3. The van der Waals surface area contributed by atoms with E-state index in [1.807, 2.05) is 30.5 Å². The van der Waals surface area contributed by atoms with Crippen LogP contribution < -0.4 is 5.32 Å². The van der Waals surface area contributed by atoms with Crippen LogP contribution in [0.15, 0.2) is 59.8 Å². The summed E-state index contributed by atoms with van der Waals surface area (Å²) < 4.78 is 0. The minimum Gasteiger partial charge on any atom is -0.361 e. The third kappa shape index (κ3) is 3.54. The van der Waals surface area contributed by atoms with Crippen LogP contribution in [0.5, 0.6) is 0 Å². The van der Waals surface area contributed by atoms with E-state index in [1.165, 1.54) is 11.8 Å². The SMILES string of the molecule is CC(=O)Nc1ccc(C2=C(Cl)C(=O)N(CCc3c[nH]c4ccccc34)C2=O)cc1. The summed E-state index contributed by atoms with van der Waals surface area (Å²) in [5.74, 6) is -1.09. The molecule has 2 heterocycles. The lowest BCUT2D eigenvalue weighted by Crippen LogP contribution is -2.33. The van der Waals surface area contributed by atoms with Crippen molar-refractivity contribution in [3.05, 3.63) is 70.9 Å². The van der Waals surface area contributed by atoms with Gasteiger partial charge in [0.25, 0.3) is 11.8 Å². The Bertz CT molecular complexity index is 1160. The third-order valence-electron chi connectivity index (χ3n) is 4.89. The summed E-state index contributed by atoms with van der Waals surface area (Å²) in [5.41, 5.74) is 3.37. The maximum atomic E-state index is 12.9. The molecule has 0 bridgehead atoms. The van der Waals surface area contributed by atoms with Crippen molar-refractivity contribution in [3.63, 3.8) is 0 Å². The summed E-state index contributed by atoms with van der Waals surface area (Å²) in [6.45, 7) is 1.65. The Labute approximate surface area is 172 Å². The Kier molecular flexibility index (Phi) is 4.94. The second-order valence-electron chi connectivity index (χ2n) is 6.82. The highest BCUT2D eigenvalue weighted by molar-refractivity contribution is 6.55. The molecule has 2 aromatic carbocycles. The van der Waals surface area contributed by atoms with Crippen LogP contribution in [0.25, 0.3) is 16.5 Å². The summed E-state index contributed by atoms with van der Waals surface area (Å²) in [7, 11) is 0. The molecule has 0 saturated carbocycles. The fourth-order valence-electron chi connectivity index (χ4n) is 3.49. The average Bonchev–Trinajstić information content (AvgIpc) is 3.20. The van der Waals surface area contributed by atoms with E-state index in [9.17, 15) is 14.4 Å². The first-order valence-corrected chi connectivity index (χ1v) is 9.52. The van der Waals surface area contributed by atoms with Crippen LogP contribution in [-0.2, 0) is 20.8 Å². The Morgan fingerprint density at radius 1 is 1.07 bits per heavy atom. The minimum absolute atomic E-state index is 0.0822. The number of H-pyrrole nitrogens is 1. The fraction of sp³-hybridized carbons (Fsp3) is 0.136. The number of carbonyl (C=O) groups is 3. The number of nitrogens with one attached hydrogen (secondary N) is 2. The normalized spacial score (nSPS) is 14.2. The van der Waals surface area contributed by atoms with Gasteiger partial charge in [0, 0.05) is 36.3 Å². The predicted molar refractivity (Wildman–Crippen MR) is 112 cm³/mol. The number of anilines is 1. The van der Waals surface area contributed by atoms with Crippen molar-refractivity contribution in [3.8, 4) is 0 Å². The van der Waals surface area contributed by atoms with Gasteiger partial charge in [-0.2, -0.15) is 0 Å². The number of aromatic nitrogens is 1. The molecule has 2 N–H and O–H groups in total.